The van der Waals surface area contributed by atoms with Crippen molar-refractivity contribution in [3.8, 4) is 17.2 Å². The molecule has 0 aromatic carbocycles. The molecule has 14 nitrogen and oxygen atoms in total. The zero-order chi connectivity index (χ0) is 29.0. The summed E-state index contributed by atoms with van der Waals surface area (Å²) in [6.45, 7) is 4.01. The third-order valence-electron chi connectivity index (χ3n) is 4.40. The number of nitrogens with one attached hydrogen (secondary N) is 3. The lowest BCUT2D eigenvalue weighted by Crippen LogP contribution is -2.29. The molecule has 3 rings (SSSR count). The van der Waals surface area contributed by atoms with Gasteiger partial charge in [0, 0.05) is 51.3 Å². The third kappa shape index (κ3) is 11.8. The van der Waals surface area contributed by atoms with Crippen LogP contribution < -0.4 is 27.4 Å². The molecule has 0 bridgehead atoms. The SMILES string of the molecule is CCCNC(=O)c1ncccc1O.NCCNC(=O)c1ncccc1O.NCCNC(=O)c1ncccc1O. The first-order valence-electron chi connectivity index (χ1n) is 11.9. The van der Waals surface area contributed by atoms with Crippen LogP contribution in [-0.2, 0) is 0 Å². The summed E-state index contributed by atoms with van der Waals surface area (Å²) in [6.07, 6.45) is 5.22. The Kier molecular flexibility index (Phi) is 15.2. The fourth-order valence-corrected chi connectivity index (χ4v) is 2.58. The van der Waals surface area contributed by atoms with Crippen molar-refractivity contribution in [1.82, 2.24) is 30.9 Å². The van der Waals surface area contributed by atoms with Crippen molar-refractivity contribution in [2.75, 3.05) is 32.7 Å². The van der Waals surface area contributed by atoms with E-state index in [0.717, 1.165) is 6.42 Å². The maximum atomic E-state index is 11.3. The molecule has 0 radical (unpaired) electrons. The fraction of sp³-hybridized carbons (Fsp3) is 0.280. The number of aromatic nitrogens is 3. The van der Waals surface area contributed by atoms with Gasteiger partial charge in [-0.05, 0) is 42.8 Å². The van der Waals surface area contributed by atoms with Crippen LogP contribution >= 0.6 is 0 Å². The van der Waals surface area contributed by atoms with Gasteiger partial charge in [0.15, 0.2) is 17.1 Å². The highest BCUT2D eigenvalue weighted by Crippen LogP contribution is 2.13. The van der Waals surface area contributed by atoms with Crippen molar-refractivity contribution < 1.29 is 29.7 Å². The molecule has 0 atom stereocenters. The fourth-order valence-electron chi connectivity index (χ4n) is 2.58. The number of nitrogens with two attached hydrogens (primary N) is 2. The van der Waals surface area contributed by atoms with E-state index in [1.807, 2.05) is 6.92 Å². The topological polar surface area (TPSA) is 239 Å². The predicted octanol–water partition coefficient (Wildman–Crippen LogP) is -0.122. The van der Waals surface area contributed by atoms with Gasteiger partial charge in [0.05, 0.1) is 0 Å². The largest absolute Gasteiger partial charge is 0.505 e. The molecule has 39 heavy (non-hydrogen) atoms. The van der Waals surface area contributed by atoms with E-state index in [1.165, 1.54) is 36.8 Å². The van der Waals surface area contributed by atoms with E-state index < -0.39 is 11.8 Å². The lowest BCUT2D eigenvalue weighted by Gasteiger charge is -2.03. The molecule has 0 unspecified atom stereocenters. The Bertz CT molecular complexity index is 1050. The van der Waals surface area contributed by atoms with Crippen molar-refractivity contribution in [1.29, 1.82) is 0 Å². The molecule has 0 spiro atoms. The zero-order valence-electron chi connectivity index (χ0n) is 21.5. The number of carbonyl (C=O) groups excluding carboxylic acids is 3. The van der Waals surface area contributed by atoms with E-state index >= 15 is 0 Å². The normalized spacial score (nSPS) is 9.62. The first-order chi connectivity index (χ1) is 18.8. The van der Waals surface area contributed by atoms with Crippen molar-refractivity contribution in [2.24, 2.45) is 11.5 Å². The van der Waals surface area contributed by atoms with Gasteiger partial charge in [-0.1, -0.05) is 6.92 Å². The quantitative estimate of drug-likeness (QED) is 0.177. The van der Waals surface area contributed by atoms with Crippen LogP contribution in [0, 0.1) is 0 Å². The molecular formula is C25H34N8O6. The molecule has 0 saturated heterocycles. The lowest BCUT2D eigenvalue weighted by atomic mass is 10.3. The summed E-state index contributed by atoms with van der Waals surface area (Å²) in [5, 5.41) is 35.3. The third-order valence-corrected chi connectivity index (χ3v) is 4.40. The van der Waals surface area contributed by atoms with Crippen LogP contribution in [0.3, 0.4) is 0 Å². The molecule has 0 fully saturated rings. The molecule has 3 amide bonds. The molecule has 0 aliphatic carbocycles. The van der Waals surface area contributed by atoms with Gasteiger partial charge < -0.3 is 42.7 Å². The first-order valence-corrected chi connectivity index (χ1v) is 11.9. The first kappa shape index (κ1) is 32.2. The average molecular weight is 543 g/mol. The zero-order valence-corrected chi connectivity index (χ0v) is 21.5. The number of rotatable bonds is 9. The molecule has 210 valence electrons. The number of carbonyl (C=O) groups is 3. The number of hydrogen-bond donors (Lipinski definition) is 8. The van der Waals surface area contributed by atoms with Gasteiger partial charge in [-0.25, -0.2) is 15.0 Å². The summed E-state index contributed by atoms with van der Waals surface area (Å²) in [5.41, 5.74) is 10.5. The van der Waals surface area contributed by atoms with E-state index in [4.69, 9.17) is 11.5 Å². The van der Waals surface area contributed by atoms with E-state index in [2.05, 4.69) is 30.9 Å². The van der Waals surface area contributed by atoms with Crippen molar-refractivity contribution in [3.05, 3.63) is 72.1 Å². The van der Waals surface area contributed by atoms with E-state index in [1.54, 1.807) is 18.2 Å². The highest BCUT2D eigenvalue weighted by molar-refractivity contribution is 5.95. The van der Waals surface area contributed by atoms with Gasteiger partial charge in [0.1, 0.15) is 17.2 Å². The van der Waals surface area contributed by atoms with Crippen LogP contribution in [0.25, 0.3) is 0 Å². The van der Waals surface area contributed by atoms with E-state index in [0.29, 0.717) is 32.7 Å². The summed E-state index contributed by atoms with van der Waals surface area (Å²) >= 11 is 0. The predicted molar refractivity (Wildman–Crippen MR) is 143 cm³/mol. The molecule has 10 N–H and O–H groups in total. The Morgan fingerprint density at radius 1 is 0.641 bits per heavy atom. The molecule has 3 aromatic rings. The summed E-state index contributed by atoms with van der Waals surface area (Å²) in [6, 6.07) is 8.93. The van der Waals surface area contributed by atoms with Crippen molar-refractivity contribution in [3.63, 3.8) is 0 Å². The Morgan fingerprint density at radius 2 is 0.949 bits per heavy atom. The molecule has 0 aliphatic rings. The highest BCUT2D eigenvalue weighted by Gasteiger charge is 2.12. The minimum atomic E-state index is -0.413. The lowest BCUT2D eigenvalue weighted by molar-refractivity contribution is 0.0937. The Labute approximate surface area is 225 Å². The van der Waals surface area contributed by atoms with Crippen LogP contribution in [0.5, 0.6) is 17.2 Å². The Hall–Kier alpha value is -4.82. The number of nitrogens with zero attached hydrogens (tertiary/aromatic N) is 3. The molecule has 3 heterocycles. The monoisotopic (exact) mass is 542 g/mol. The summed E-state index contributed by atoms with van der Waals surface area (Å²) in [5.74, 6) is -1.50. The van der Waals surface area contributed by atoms with Gasteiger partial charge >= 0.3 is 0 Å². The van der Waals surface area contributed by atoms with E-state index in [-0.39, 0.29) is 40.2 Å². The van der Waals surface area contributed by atoms with Gasteiger partial charge in [-0.3, -0.25) is 14.4 Å². The second-order valence-electron chi connectivity index (χ2n) is 7.46. The molecular weight excluding hydrogens is 508 g/mol. The van der Waals surface area contributed by atoms with Crippen molar-refractivity contribution in [2.45, 2.75) is 13.3 Å². The molecule has 14 heteroatoms. The van der Waals surface area contributed by atoms with Crippen LogP contribution in [0.2, 0.25) is 0 Å². The summed E-state index contributed by atoms with van der Waals surface area (Å²) < 4.78 is 0. The van der Waals surface area contributed by atoms with Crippen molar-refractivity contribution >= 4 is 17.7 Å². The smallest absolute Gasteiger partial charge is 0.273 e. The summed E-state index contributed by atoms with van der Waals surface area (Å²) in [4.78, 5) is 45.0. The number of aromatic hydroxyl groups is 3. The van der Waals surface area contributed by atoms with Crippen LogP contribution in [0.15, 0.2) is 55.0 Å². The molecule has 0 saturated carbocycles. The van der Waals surface area contributed by atoms with Gasteiger partial charge in [-0.2, -0.15) is 0 Å². The average Bonchev–Trinajstić information content (AvgIpc) is 2.94. The van der Waals surface area contributed by atoms with Gasteiger partial charge in [0.25, 0.3) is 17.7 Å². The second kappa shape index (κ2) is 18.4. The number of pyridine rings is 3. The van der Waals surface area contributed by atoms with Crippen LogP contribution in [0.1, 0.15) is 44.8 Å². The van der Waals surface area contributed by atoms with E-state index in [9.17, 15) is 29.7 Å². The minimum Gasteiger partial charge on any atom is -0.505 e. The van der Waals surface area contributed by atoms with Gasteiger partial charge in [0.2, 0.25) is 0 Å². The Balaban J connectivity index is 0.000000292. The minimum absolute atomic E-state index is 0.0240. The molecule has 3 aromatic heterocycles. The highest BCUT2D eigenvalue weighted by atomic mass is 16.3. The summed E-state index contributed by atoms with van der Waals surface area (Å²) in [7, 11) is 0. The Morgan fingerprint density at radius 3 is 1.21 bits per heavy atom. The standard InChI is InChI=1S/C9H12N2O2.2C8H11N3O2/c1-2-5-11-9(13)8-7(12)4-3-6-10-8;2*9-3-5-11-8(13)7-6(12)2-1-4-10-7/h3-4,6,12H,2,5H2,1H3,(H,11,13);2*1-2,4,12H,3,5,9H2,(H,11,13). The maximum absolute atomic E-state index is 11.3. The maximum Gasteiger partial charge on any atom is 0.273 e. The van der Waals surface area contributed by atoms with Crippen LogP contribution in [-0.4, -0.2) is 80.7 Å². The van der Waals surface area contributed by atoms with Gasteiger partial charge in [-0.15, -0.1) is 0 Å². The number of hydrogen-bond acceptors (Lipinski definition) is 11. The number of amides is 3. The van der Waals surface area contributed by atoms with Crippen LogP contribution in [0.4, 0.5) is 0 Å². The molecule has 0 aliphatic heterocycles. The second-order valence-corrected chi connectivity index (χ2v) is 7.46.